The van der Waals surface area contributed by atoms with Crippen LogP contribution in [-0.4, -0.2) is 11.3 Å². The van der Waals surface area contributed by atoms with Gasteiger partial charge in [-0.3, -0.25) is 4.79 Å². The molecule has 0 aliphatic rings. The predicted molar refractivity (Wildman–Crippen MR) is 51.9 cm³/mol. The lowest BCUT2D eigenvalue weighted by Crippen LogP contribution is -1.87. The molecule has 2 aromatic rings. The molecule has 13 heavy (non-hydrogen) atoms. The first-order valence-electron chi connectivity index (χ1n) is 4.12. The summed E-state index contributed by atoms with van der Waals surface area (Å²) in [5.41, 5.74) is 2.52. The average molecular weight is 171 g/mol. The molecule has 1 heterocycles. The summed E-state index contributed by atoms with van der Waals surface area (Å²) in [7, 11) is 0. The van der Waals surface area contributed by atoms with E-state index in [-0.39, 0.29) is 0 Å². The number of aryl methyl sites for hydroxylation is 1. The largest absolute Gasteiger partial charge is 0.296 e. The van der Waals surface area contributed by atoms with Crippen molar-refractivity contribution in [1.82, 2.24) is 4.98 Å². The normalized spacial score (nSPS) is 10.2. The van der Waals surface area contributed by atoms with Crippen LogP contribution in [0.2, 0.25) is 0 Å². The Morgan fingerprint density at radius 3 is 2.77 bits per heavy atom. The van der Waals surface area contributed by atoms with Crippen LogP contribution in [0, 0.1) is 6.92 Å². The van der Waals surface area contributed by atoms with Crippen LogP contribution in [0.1, 0.15) is 16.1 Å². The van der Waals surface area contributed by atoms with Crippen molar-refractivity contribution in [3.05, 3.63) is 41.6 Å². The van der Waals surface area contributed by atoms with E-state index in [1.54, 1.807) is 6.07 Å². The lowest BCUT2D eigenvalue weighted by Gasteiger charge is -1.98. The zero-order valence-corrected chi connectivity index (χ0v) is 7.32. The van der Waals surface area contributed by atoms with E-state index in [9.17, 15) is 4.79 Å². The van der Waals surface area contributed by atoms with Crippen molar-refractivity contribution in [2.75, 3.05) is 0 Å². The molecule has 2 rings (SSSR count). The van der Waals surface area contributed by atoms with E-state index in [0.29, 0.717) is 5.69 Å². The molecule has 64 valence electrons. The van der Waals surface area contributed by atoms with Crippen molar-refractivity contribution < 1.29 is 4.79 Å². The number of carbonyl (C=O) groups excluding carboxylic acids is 1. The average Bonchev–Trinajstić information content (AvgIpc) is 2.16. The van der Waals surface area contributed by atoms with Gasteiger partial charge in [-0.2, -0.15) is 0 Å². The molecule has 2 nitrogen and oxygen atoms in total. The molecule has 0 saturated carbocycles. The molecule has 0 N–H and O–H groups in total. The molecule has 0 fully saturated rings. The van der Waals surface area contributed by atoms with Crippen LogP contribution in [-0.2, 0) is 0 Å². The third-order valence-electron chi connectivity index (χ3n) is 1.99. The first kappa shape index (κ1) is 7.92. The first-order valence-corrected chi connectivity index (χ1v) is 4.12. The van der Waals surface area contributed by atoms with Gasteiger partial charge in [0.15, 0.2) is 6.29 Å². The van der Waals surface area contributed by atoms with Gasteiger partial charge in [0.05, 0.1) is 5.52 Å². The minimum absolute atomic E-state index is 0.484. The SMILES string of the molecule is Cc1ccc2ccc(C=O)nc2c1. The van der Waals surface area contributed by atoms with Crippen molar-refractivity contribution in [3.63, 3.8) is 0 Å². The lowest BCUT2D eigenvalue weighted by atomic mass is 10.1. The molecule has 2 heteroatoms. The minimum Gasteiger partial charge on any atom is -0.296 e. The van der Waals surface area contributed by atoms with Gasteiger partial charge in [0.2, 0.25) is 0 Å². The molecular formula is C11H9NO. The summed E-state index contributed by atoms with van der Waals surface area (Å²) in [6.07, 6.45) is 0.766. The number of pyridine rings is 1. The summed E-state index contributed by atoms with van der Waals surface area (Å²) < 4.78 is 0. The summed E-state index contributed by atoms with van der Waals surface area (Å²) in [6, 6.07) is 9.65. The summed E-state index contributed by atoms with van der Waals surface area (Å²) in [5.74, 6) is 0. The zero-order valence-electron chi connectivity index (χ0n) is 7.32. The molecule has 0 aliphatic carbocycles. The zero-order chi connectivity index (χ0) is 9.26. The third kappa shape index (κ3) is 1.43. The molecule has 1 aromatic heterocycles. The van der Waals surface area contributed by atoms with Crippen LogP contribution in [0.25, 0.3) is 10.9 Å². The van der Waals surface area contributed by atoms with Gasteiger partial charge < -0.3 is 0 Å². The van der Waals surface area contributed by atoms with Gasteiger partial charge in [0.25, 0.3) is 0 Å². The van der Waals surface area contributed by atoms with Gasteiger partial charge in [-0.15, -0.1) is 0 Å². The van der Waals surface area contributed by atoms with Crippen molar-refractivity contribution in [3.8, 4) is 0 Å². The van der Waals surface area contributed by atoms with Crippen molar-refractivity contribution in [1.29, 1.82) is 0 Å². The Bertz CT molecular complexity index is 463. The highest BCUT2D eigenvalue weighted by molar-refractivity contribution is 5.83. The van der Waals surface area contributed by atoms with Gasteiger partial charge in [-0.25, -0.2) is 4.98 Å². The topological polar surface area (TPSA) is 30.0 Å². The molecule has 0 unspecified atom stereocenters. The second kappa shape index (κ2) is 2.98. The molecule has 0 amide bonds. The number of fused-ring (bicyclic) bond motifs is 1. The van der Waals surface area contributed by atoms with Gasteiger partial charge in [0.1, 0.15) is 5.69 Å². The monoisotopic (exact) mass is 171 g/mol. The fourth-order valence-corrected chi connectivity index (χ4v) is 1.31. The lowest BCUT2D eigenvalue weighted by molar-refractivity contribution is 0.111. The highest BCUT2D eigenvalue weighted by Crippen LogP contribution is 2.13. The van der Waals surface area contributed by atoms with E-state index < -0.39 is 0 Å². The maximum atomic E-state index is 10.5. The first-order chi connectivity index (χ1) is 6.29. The number of hydrogen-bond acceptors (Lipinski definition) is 2. The Balaban J connectivity index is 2.74. The van der Waals surface area contributed by atoms with Crippen LogP contribution in [0.15, 0.2) is 30.3 Å². The van der Waals surface area contributed by atoms with Gasteiger partial charge >= 0.3 is 0 Å². The van der Waals surface area contributed by atoms with Crippen LogP contribution in [0.4, 0.5) is 0 Å². The second-order valence-electron chi connectivity index (χ2n) is 3.05. The van der Waals surface area contributed by atoms with E-state index in [1.165, 1.54) is 0 Å². The minimum atomic E-state index is 0.484. The van der Waals surface area contributed by atoms with Crippen LogP contribution < -0.4 is 0 Å². The van der Waals surface area contributed by atoms with E-state index in [4.69, 9.17) is 0 Å². The van der Waals surface area contributed by atoms with Gasteiger partial charge in [0, 0.05) is 5.39 Å². The highest BCUT2D eigenvalue weighted by atomic mass is 16.1. The third-order valence-corrected chi connectivity index (χ3v) is 1.99. The second-order valence-corrected chi connectivity index (χ2v) is 3.05. The molecule has 0 saturated heterocycles. The van der Waals surface area contributed by atoms with Gasteiger partial charge in [-0.1, -0.05) is 18.2 Å². The Kier molecular flexibility index (Phi) is 1.81. The fraction of sp³-hybridized carbons (Fsp3) is 0.0909. The maximum Gasteiger partial charge on any atom is 0.168 e. The highest BCUT2D eigenvalue weighted by Gasteiger charge is 1.96. The summed E-state index contributed by atoms with van der Waals surface area (Å²) in [6.45, 7) is 2.01. The molecular weight excluding hydrogens is 162 g/mol. The molecule has 0 atom stereocenters. The number of aldehydes is 1. The maximum absolute atomic E-state index is 10.5. The van der Waals surface area contributed by atoms with E-state index >= 15 is 0 Å². The van der Waals surface area contributed by atoms with Gasteiger partial charge in [-0.05, 0) is 24.6 Å². The summed E-state index contributed by atoms with van der Waals surface area (Å²) >= 11 is 0. The smallest absolute Gasteiger partial charge is 0.168 e. The number of carbonyl (C=O) groups is 1. The van der Waals surface area contributed by atoms with E-state index in [1.807, 2.05) is 31.2 Å². The molecule has 0 aliphatic heterocycles. The standard InChI is InChI=1S/C11H9NO/c1-8-2-3-9-4-5-10(7-13)12-11(9)6-8/h2-7H,1H3. The quantitative estimate of drug-likeness (QED) is 0.616. The van der Waals surface area contributed by atoms with Crippen molar-refractivity contribution >= 4 is 17.2 Å². The Morgan fingerprint density at radius 2 is 2.00 bits per heavy atom. The summed E-state index contributed by atoms with van der Waals surface area (Å²) in [5, 5.41) is 1.07. The summed E-state index contributed by atoms with van der Waals surface area (Å²) in [4.78, 5) is 14.7. The number of nitrogens with zero attached hydrogens (tertiary/aromatic N) is 1. The molecule has 0 bridgehead atoms. The predicted octanol–water partition coefficient (Wildman–Crippen LogP) is 2.36. The molecule has 0 spiro atoms. The van der Waals surface area contributed by atoms with E-state index in [2.05, 4.69) is 4.98 Å². The molecule has 0 radical (unpaired) electrons. The Labute approximate surface area is 76.2 Å². The van der Waals surface area contributed by atoms with Crippen LogP contribution in [0.5, 0.6) is 0 Å². The Hall–Kier alpha value is -1.70. The van der Waals surface area contributed by atoms with Crippen molar-refractivity contribution in [2.24, 2.45) is 0 Å². The van der Waals surface area contributed by atoms with Crippen LogP contribution in [0.3, 0.4) is 0 Å². The van der Waals surface area contributed by atoms with Crippen molar-refractivity contribution in [2.45, 2.75) is 6.92 Å². The number of aromatic nitrogens is 1. The Morgan fingerprint density at radius 1 is 1.23 bits per heavy atom. The van der Waals surface area contributed by atoms with E-state index in [0.717, 1.165) is 22.8 Å². The number of benzene rings is 1. The number of rotatable bonds is 1. The fourth-order valence-electron chi connectivity index (χ4n) is 1.31. The number of hydrogen-bond donors (Lipinski definition) is 0. The van der Waals surface area contributed by atoms with Crippen LogP contribution >= 0.6 is 0 Å². The molecule has 1 aromatic carbocycles.